The standard InChI is InChI=1S/C45H82N6O18S/c1-45(2,3)69-44(57)49-37-38(50-41(54)12-13-42(50)55)43(56)48-16-8-6-7-15-46-40(53)14-20-61-22-24-63-26-28-65-30-32-67-34-35-68-33-31-66-29-27-64-25-23-62-21-17-47-39(52)11-9-18-51(4,5)19-10-36-70(58,59)60/h12-13,38H,6-11,14-37H2,1-5H3,(H4-,46,47,48,49,52,53,56,57,58,59,60). The lowest BCUT2D eigenvalue weighted by atomic mass is 10.2. The van der Waals surface area contributed by atoms with E-state index in [2.05, 4.69) is 21.3 Å². The van der Waals surface area contributed by atoms with Crippen molar-refractivity contribution in [2.45, 2.75) is 77.4 Å². The molecule has 0 radical (unpaired) electrons. The Morgan fingerprint density at radius 3 is 1.46 bits per heavy atom. The third kappa shape index (κ3) is 37.9. The molecule has 0 spiro atoms. The maximum atomic E-state index is 12.9. The van der Waals surface area contributed by atoms with Crippen LogP contribution < -0.4 is 21.3 Å². The highest BCUT2D eigenvalue weighted by Crippen LogP contribution is 2.11. The topological polar surface area (TPSA) is 294 Å². The van der Waals surface area contributed by atoms with E-state index in [1.165, 1.54) is 0 Å². The Morgan fingerprint density at radius 2 is 0.986 bits per heavy atom. The van der Waals surface area contributed by atoms with Crippen molar-refractivity contribution in [1.29, 1.82) is 0 Å². The van der Waals surface area contributed by atoms with Crippen LogP contribution in [0.3, 0.4) is 0 Å². The summed E-state index contributed by atoms with van der Waals surface area (Å²) < 4.78 is 81.8. The smallest absolute Gasteiger partial charge is 0.407 e. The number of ether oxygens (including phenoxy) is 9. The molecule has 0 saturated heterocycles. The second kappa shape index (κ2) is 38.7. The maximum Gasteiger partial charge on any atom is 0.407 e. The van der Waals surface area contributed by atoms with E-state index in [4.69, 9.17) is 42.6 Å². The van der Waals surface area contributed by atoms with Gasteiger partial charge in [-0.05, 0) is 40.0 Å². The first-order chi connectivity index (χ1) is 33.3. The molecular formula is C45H82N6O18S. The van der Waals surface area contributed by atoms with E-state index < -0.39 is 45.6 Å². The molecule has 24 nitrogen and oxygen atoms in total. The lowest BCUT2D eigenvalue weighted by molar-refractivity contribution is -0.890. The van der Waals surface area contributed by atoms with Gasteiger partial charge in [0, 0.05) is 63.2 Å². The molecular weight excluding hydrogens is 945 g/mol. The maximum absolute atomic E-state index is 12.9. The average molecular weight is 1030 g/mol. The number of hydrogen-bond acceptors (Lipinski definition) is 18. The number of alkyl carbamates (subject to hydrolysis) is 1. The Bertz CT molecular complexity index is 1610. The van der Waals surface area contributed by atoms with Crippen LogP contribution in [0, 0.1) is 0 Å². The summed E-state index contributed by atoms with van der Waals surface area (Å²) in [5, 5.41) is 10.8. The van der Waals surface area contributed by atoms with Crippen molar-refractivity contribution in [3.8, 4) is 0 Å². The van der Waals surface area contributed by atoms with Crippen LogP contribution in [-0.2, 0) is 76.7 Å². The summed E-state index contributed by atoms with van der Waals surface area (Å²) in [7, 11) is -0.318. The van der Waals surface area contributed by atoms with Gasteiger partial charge in [-0.1, -0.05) is 0 Å². The van der Waals surface area contributed by atoms with Crippen molar-refractivity contribution in [3.63, 3.8) is 0 Å². The minimum absolute atomic E-state index is 0.0749. The lowest BCUT2D eigenvalue weighted by Gasteiger charge is -2.30. The Morgan fingerprint density at radius 1 is 0.571 bits per heavy atom. The SMILES string of the molecule is CC(C)(C)OC(=O)NCC(C(=O)NCCCCCNC(=O)CCOCCOCCOCCOCCOCCOCCOCCOCCNC(=O)CCC[N+](C)(C)CCCS(=O)(=O)[O-])N1C(=O)C=CC1=O. The highest BCUT2D eigenvalue weighted by Gasteiger charge is 2.36. The van der Waals surface area contributed by atoms with Gasteiger partial charge in [0.25, 0.3) is 11.8 Å². The van der Waals surface area contributed by atoms with Gasteiger partial charge in [-0.15, -0.1) is 0 Å². The van der Waals surface area contributed by atoms with Crippen LogP contribution in [0.2, 0.25) is 0 Å². The quantitative estimate of drug-likeness (QED) is 0.0262. The Balaban J connectivity index is 1.84. The van der Waals surface area contributed by atoms with Gasteiger partial charge in [-0.2, -0.15) is 0 Å². The molecule has 1 atom stereocenters. The van der Waals surface area contributed by atoms with Gasteiger partial charge in [0.1, 0.15) is 11.6 Å². The summed E-state index contributed by atoms with van der Waals surface area (Å²) in [5.41, 5.74) is -0.765. The van der Waals surface area contributed by atoms with Crippen molar-refractivity contribution < 1.29 is 88.9 Å². The Labute approximate surface area is 414 Å². The Hall–Kier alpha value is -3.89. The lowest BCUT2D eigenvalue weighted by Crippen LogP contribution is -2.55. The van der Waals surface area contributed by atoms with Gasteiger partial charge in [0.15, 0.2) is 0 Å². The summed E-state index contributed by atoms with van der Waals surface area (Å²) in [6, 6.07) is -1.24. The first-order valence-electron chi connectivity index (χ1n) is 24.0. The molecule has 1 aliphatic rings. The molecule has 406 valence electrons. The fraction of sp³-hybridized carbons (Fsp3) is 0.822. The zero-order valence-corrected chi connectivity index (χ0v) is 42.9. The number of hydrogen-bond donors (Lipinski definition) is 4. The van der Waals surface area contributed by atoms with Crippen LogP contribution in [0.1, 0.15) is 65.7 Å². The van der Waals surface area contributed by atoms with Gasteiger partial charge in [-0.25, -0.2) is 13.2 Å². The first kappa shape index (κ1) is 64.1. The number of nitrogens with zero attached hydrogens (tertiary/aromatic N) is 2. The van der Waals surface area contributed by atoms with E-state index in [9.17, 15) is 41.7 Å². The summed E-state index contributed by atoms with van der Waals surface area (Å²) in [5.74, 6) is -2.46. The van der Waals surface area contributed by atoms with E-state index in [1.54, 1.807) is 20.8 Å². The van der Waals surface area contributed by atoms with Gasteiger partial charge in [0.2, 0.25) is 17.7 Å². The number of imide groups is 1. The van der Waals surface area contributed by atoms with Gasteiger partial charge in [-0.3, -0.25) is 28.9 Å². The number of nitrogens with one attached hydrogen (secondary N) is 4. The summed E-state index contributed by atoms with van der Waals surface area (Å²) in [4.78, 5) is 74.4. The fourth-order valence-corrected chi connectivity index (χ4v) is 6.68. The zero-order chi connectivity index (χ0) is 51.9. The van der Waals surface area contributed by atoms with E-state index in [-0.39, 0.29) is 43.7 Å². The molecule has 0 aromatic heterocycles. The molecule has 0 saturated carbocycles. The monoisotopic (exact) mass is 1030 g/mol. The second-order valence-electron chi connectivity index (χ2n) is 17.6. The predicted octanol–water partition coefficient (Wildman–Crippen LogP) is -0.362. The molecule has 1 heterocycles. The normalized spacial score (nSPS) is 13.4. The van der Waals surface area contributed by atoms with E-state index in [1.807, 2.05) is 14.1 Å². The molecule has 1 aliphatic heterocycles. The van der Waals surface area contributed by atoms with Crippen molar-refractivity contribution in [1.82, 2.24) is 26.2 Å². The van der Waals surface area contributed by atoms with Crippen LogP contribution in [0.5, 0.6) is 0 Å². The zero-order valence-electron chi connectivity index (χ0n) is 42.1. The van der Waals surface area contributed by atoms with Gasteiger partial charge >= 0.3 is 6.09 Å². The van der Waals surface area contributed by atoms with Crippen molar-refractivity contribution in [2.75, 3.05) is 165 Å². The third-order valence-corrected chi connectivity index (χ3v) is 10.5. The molecule has 0 bridgehead atoms. The van der Waals surface area contributed by atoms with Crippen molar-refractivity contribution >= 4 is 45.7 Å². The molecule has 0 aromatic rings. The fourth-order valence-electron chi connectivity index (χ4n) is 6.19. The highest BCUT2D eigenvalue weighted by molar-refractivity contribution is 7.85. The van der Waals surface area contributed by atoms with Crippen molar-refractivity contribution in [3.05, 3.63) is 12.2 Å². The van der Waals surface area contributed by atoms with E-state index >= 15 is 0 Å². The molecule has 6 amide bonds. The summed E-state index contributed by atoms with van der Waals surface area (Å²) in [6.45, 7) is 13.5. The molecule has 0 fully saturated rings. The molecule has 4 N–H and O–H groups in total. The first-order valence-corrected chi connectivity index (χ1v) is 25.6. The highest BCUT2D eigenvalue weighted by atomic mass is 32.2. The number of carbonyl (C=O) groups is 6. The van der Waals surface area contributed by atoms with Crippen LogP contribution in [0.4, 0.5) is 4.79 Å². The van der Waals surface area contributed by atoms with Crippen molar-refractivity contribution in [2.24, 2.45) is 0 Å². The molecule has 1 unspecified atom stereocenters. The minimum Gasteiger partial charge on any atom is -0.748 e. The Kier molecular flexibility index (Phi) is 35.5. The van der Waals surface area contributed by atoms with Gasteiger partial charge in [0.05, 0.1) is 150 Å². The molecule has 1 rings (SSSR count). The van der Waals surface area contributed by atoms with Crippen LogP contribution in [0.15, 0.2) is 12.2 Å². The molecule has 0 aliphatic carbocycles. The molecule has 70 heavy (non-hydrogen) atoms. The predicted molar refractivity (Wildman–Crippen MR) is 253 cm³/mol. The third-order valence-electron chi connectivity index (χ3n) is 9.74. The number of unbranched alkanes of at least 4 members (excludes halogenated alkanes) is 2. The second-order valence-corrected chi connectivity index (χ2v) is 19.1. The molecule has 25 heteroatoms. The number of carbonyl (C=O) groups excluding carboxylic acids is 6. The van der Waals surface area contributed by atoms with E-state index in [0.29, 0.717) is 168 Å². The number of quaternary nitrogens is 1. The average Bonchev–Trinajstić information content (AvgIpc) is 3.60. The minimum atomic E-state index is -4.20. The van der Waals surface area contributed by atoms with E-state index in [0.717, 1.165) is 17.1 Å². The largest absolute Gasteiger partial charge is 0.748 e. The summed E-state index contributed by atoms with van der Waals surface area (Å²) in [6.07, 6.45) is 4.85. The summed E-state index contributed by atoms with van der Waals surface area (Å²) >= 11 is 0. The van der Waals surface area contributed by atoms with Crippen LogP contribution >= 0.6 is 0 Å². The van der Waals surface area contributed by atoms with Crippen LogP contribution in [0.25, 0.3) is 0 Å². The molecule has 0 aromatic carbocycles. The van der Waals surface area contributed by atoms with Gasteiger partial charge < -0.3 is 72.9 Å². The number of rotatable bonds is 45. The number of amides is 6. The van der Waals surface area contributed by atoms with Crippen LogP contribution in [-0.4, -0.2) is 234 Å².